The molecular weight excluding hydrogens is 230 g/mol. The van der Waals surface area contributed by atoms with Crippen molar-refractivity contribution in [2.75, 3.05) is 33.4 Å². The number of carbonyl (C=O) groups is 1. The van der Waals surface area contributed by atoms with Crippen LogP contribution < -0.4 is 11.1 Å². The molecule has 1 amide bonds. The van der Waals surface area contributed by atoms with Gasteiger partial charge in [-0.1, -0.05) is 6.92 Å². The van der Waals surface area contributed by atoms with E-state index in [2.05, 4.69) is 17.1 Å². The van der Waals surface area contributed by atoms with Crippen molar-refractivity contribution in [1.29, 1.82) is 0 Å². The third-order valence-electron chi connectivity index (χ3n) is 3.36. The number of primary amides is 1. The fraction of sp³-hybridized carbons (Fsp3) is 0.923. The third kappa shape index (κ3) is 5.80. The van der Waals surface area contributed by atoms with Crippen molar-refractivity contribution >= 4 is 5.91 Å². The quantitative estimate of drug-likeness (QED) is 0.563. The van der Waals surface area contributed by atoms with E-state index in [9.17, 15) is 4.79 Å². The molecule has 5 heteroatoms. The average Bonchev–Trinajstić information content (AvgIpc) is 2.29. The van der Waals surface area contributed by atoms with Crippen LogP contribution in [0.1, 0.15) is 34.1 Å². The highest BCUT2D eigenvalue weighted by Crippen LogP contribution is 2.15. The Morgan fingerprint density at radius 1 is 1.50 bits per heavy atom. The van der Waals surface area contributed by atoms with Crippen LogP contribution in [-0.2, 0) is 9.53 Å². The second-order valence-corrected chi connectivity index (χ2v) is 4.96. The highest BCUT2D eigenvalue weighted by Gasteiger charge is 2.32. The van der Waals surface area contributed by atoms with Crippen LogP contribution in [0.2, 0.25) is 0 Å². The van der Waals surface area contributed by atoms with Gasteiger partial charge in [-0.25, -0.2) is 0 Å². The number of hydrogen-bond acceptors (Lipinski definition) is 4. The van der Waals surface area contributed by atoms with Crippen molar-refractivity contribution < 1.29 is 9.53 Å². The molecule has 2 atom stereocenters. The number of amides is 1. The third-order valence-corrected chi connectivity index (χ3v) is 3.36. The Morgan fingerprint density at radius 2 is 2.11 bits per heavy atom. The standard InChI is InChI=1S/C13H29N3O2/c1-6-15-13(4,12(14)17)10-11(3)16(5)8-9-18-7-2/h11,15H,6-10H2,1-5H3,(H2,14,17). The number of likely N-dealkylation sites (N-methyl/N-ethyl adjacent to an activating group) is 2. The van der Waals surface area contributed by atoms with Gasteiger partial charge in [-0.3, -0.25) is 4.79 Å². The molecule has 0 radical (unpaired) electrons. The van der Waals surface area contributed by atoms with E-state index < -0.39 is 5.54 Å². The molecule has 2 unspecified atom stereocenters. The van der Waals surface area contributed by atoms with Crippen molar-refractivity contribution in [1.82, 2.24) is 10.2 Å². The van der Waals surface area contributed by atoms with Crippen LogP contribution in [-0.4, -0.2) is 55.7 Å². The van der Waals surface area contributed by atoms with Crippen molar-refractivity contribution in [3.05, 3.63) is 0 Å². The van der Waals surface area contributed by atoms with Crippen molar-refractivity contribution in [2.24, 2.45) is 5.73 Å². The van der Waals surface area contributed by atoms with Crippen LogP contribution in [0.4, 0.5) is 0 Å². The Bertz CT molecular complexity index is 248. The molecule has 0 bridgehead atoms. The molecule has 0 fully saturated rings. The van der Waals surface area contributed by atoms with Crippen molar-refractivity contribution in [3.63, 3.8) is 0 Å². The summed E-state index contributed by atoms with van der Waals surface area (Å²) in [5, 5.41) is 3.18. The van der Waals surface area contributed by atoms with E-state index >= 15 is 0 Å². The minimum absolute atomic E-state index is 0.266. The van der Waals surface area contributed by atoms with Crippen LogP contribution in [0.15, 0.2) is 0 Å². The molecule has 0 aromatic rings. The van der Waals surface area contributed by atoms with E-state index in [1.54, 1.807) is 0 Å². The summed E-state index contributed by atoms with van der Waals surface area (Å²) in [6.45, 7) is 11.0. The van der Waals surface area contributed by atoms with E-state index in [1.165, 1.54) is 0 Å². The molecule has 5 nitrogen and oxygen atoms in total. The number of rotatable bonds is 10. The monoisotopic (exact) mass is 259 g/mol. The summed E-state index contributed by atoms with van der Waals surface area (Å²) >= 11 is 0. The fourth-order valence-electron chi connectivity index (χ4n) is 1.97. The first-order chi connectivity index (χ1) is 8.37. The fourth-order valence-corrected chi connectivity index (χ4v) is 1.97. The molecule has 0 heterocycles. The molecule has 0 aliphatic rings. The lowest BCUT2D eigenvalue weighted by molar-refractivity contribution is -0.124. The Hall–Kier alpha value is -0.650. The second-order valence-electron chi connectivity index (χ2n) is 4.96. The number of nitrogens with two attached hydrogens (primary N) is 1. The number of nitrogens with one attached hydrogen (secondary N) is 1. The first-order valence-electron chi connectivity index (χ1n) is 6.70. The number of nitrogens with zero attached hydrogens (tertiary/aromatic N) is 1. The highest BCUT2D eigenvalue weighted by molar-refractivity contribution is 5.84. The summed E-state index contributed by atoms with van der Waals surface area (Å²) in [7, 11) is 2.04. The molecule has 0 aliphatic carbocycles. The van der Waals surface area contributed by atoms with Crippen molar-refractivity contribution in [3.8, 4) is 0 Å². The Balaban J connectivity index is 4.32. The molecule has 0 rings (SSSR count). The summed E-state index contributed by atoms with van der Waals surface area (Å²) in [4.78, 5) is 13.7. The predicted molar refractivity (Wildman–Crippen MR) is 74.5 cm³/mol. The van der Waals surface area contributed by atoms with Gasteiger partial charge in [0.05, 0.1) is 12.1 Å². The van der Waals surface area contributed by atoms with Crippen LogP contribution in [0.25, 0.3) is 0 Å². The lowest BCUT2D eigenvalue weighted by Gasteiger charge is -2.34. The molecule has 3 N–H and O–H groups in total. The van der Waals surface area contributed by atoms with Gasteiger partial charge in [-0.15, -0.1) is 0 Å². The van der Waals surface area contributed by atoms with Gasteiger partial charge < -0.3 is 20.7 Å². The highest BCUT2D eigenvalue weighted by atomic mass is 16.5. The Morgan fingerprint density at radius 3 is 2.56 bits per heavy atom. The maximum atomic E-state index is 11.5. The summed E-state index contributed by atoms with van der Waals surface area (Å²) < 4.78 is 5.33. The lowest BCUT2D eigenvalue weighted by atomic mass is 9.92. The molecular formula is C13H29N3O2. The van der Waals surface area contributed by atoms with E-state index in [4.69, 9.17) is 10.5 Å². The smallest absolute Gasteiger partial charge is 0.237 e. The number of ether oxygens (including phenoxy) is 1. The van der Waals surface area contributed by atoms with Gasteiger partial charge in [0.1, 0.15) is 0 Å². The minimum Gasteiger partial charge on any atom is -0.380 e. The van der Waals surface area contributed by atoms with Crippen molar-refractivity contribution in [2.45, 2.75) is 45.7 Å². The molecule has 108 valence electrons. The van der Waals surface area contributed by atoms with Gasteiger partial charge in [0.2, 0.25) is 5.91 Å². The first-order valence-corrected chi connectivity index (χ1v) is 6.70. The maximum Gasteiger partial charge on any atom is 0.237 e. The zero-order valence-corrected chi connectivity index (χ0v) is 12.5. The van der Waals surface area contributed by atoms with Gasteiger partial charge in [0.25, 0.3) is 0 Å². The average molecular weight is 259 g/mol. The molecule has 0 saturated carbocycles. The molecule has 0 saturated heterocycles. The molecule has 0 aromatic heterocycles. The summed E-state index contributed by atoms with van der Waals surface area (Å²) in [6, 6.07) is 0.266. The Labute approximate surface area is 111 Å². The van der Waals surface area contributed by atoms with E-state index in [0.717, 1.165) is 19.7 Å². The lowest BCUT2D eigenvalue weighted by Crippen LogP contribution is -2.56. The number of hydrogen-bond donors (Lipinski definition) is 2. The molecule has 0 aliphatic heterocycles. The van der Waals surface area contributed by atoms with Gasteiger partial charge in [0, 0.05) is 19.2 Å². The topological polar surface area (TPSA) is 67.6 Å². The van der Waals surface area contributed by atoms with Gasteiger partial charge in [0.15, 0.2) is 0 Å². The van der Waals surface area contributed by atoms with Gasteiger partial charge >= 0.3 is 0 Å². The molecule has 18 heavy (non-hydrogen) atoms. The first kappa shape index (κ1) is 17.4. The van der Waals surface area contributed by atoms with Crippen LogP contribution in [0.3, 0.4) is 0 Å². The van der Waals surface area contributed by atoms with Gasteiger partial charge in [-0.2, -0.15) is 0 Å². The largest absolute Gasteiger partial charge is 0.380 e. The van der Waals surface area contributed by atoms with E-state index in [1.807, 2.05) is 27.8 Å². The normalized spacial score (nSPS) is 16.6. The minimum atomic E-state index is -0.645. The van der Waals surface area contributed by atoms with E-state index in [-0.39, 0.29) is 11.9 Å². The second kappa shape index (κ2) is 8.45. The summed E-state index contributed by atoms with van der Waals surface area (Å²) in [5.41, 5.74) is 4.84. The molecule has 0 aromatic carbocycles. The zero-order valence-electron chi connectivity index (χ0n) is 12.5. The number of carbonyl (C=O) groups excluding carboxylic acids is 1. The summed E-state index contributed by atoms with van der Waals surface area (Å²) in [6.07, 6.45) is 0.693. The molecule has 0 spiro atoms. The van der Waals surface area contributed by atoms with E-state index in [0.29, 0.717) is 13.0 Å². The van der Waals surface area contributed by atoms with Crippen LogP contribution >= 0.6 is 0 Å². The SMILES string of the molecule is CCNC(C)(CC(C)N(C)CCOCC)C(N)=O. The van der Waals surface area contributed by atoms with Gasteiger partial charge in [-0.05, 0) is 40.8 Å². The summed E-state index contributed by atoms with van der Waals surface area (Å²) in [5.74, 6) is -0.297. The predicted octanol–water partition coefficient (Wildman–Crippen LogP) is 0.587. The van der Waals surface area contributed by atoms with Crippen LogP contribution in [0.5, 0.6) is 0 Å². The zero-order chi connectivity index (χ0) is 14.2. The maximum absolute atomic E-state index is 11.5. The Kier molecular flexibility index (Phi) is 8.15. The van der Waals surface area contributed by atoms with Crippen LogP contribution in [0, 0.1) is 0 Å².